The fraction of sp³-hybridized carbons (Fsp3) is 0.541. The second-order valence-corrected chi connectivity index (χ2v) is 14.0. The molecule has 2 amide bonds. The van der Waals surface area contributed by atoms with Crippen LogP contribution in [0, 0.1) is 11.8 Å². The second-order valence-electron chi connectivity index (χ2n) is 14.0. The molecule has 0 aromatic heterocycles. The number of hydrogen-bond acceptors (Lipinski definition) is 8. The number of benzene rings is 2. The Balaban J connectivity index is 1.03. The average molecular weight is 642 g/mol. The highest BCUT2D eigenvalue weighted by Crippen LogP contribution is 2.46. The summed E-state index contributed by atoms with van der Waals surface area (Å²) in [7, 11) is 1.66. The molecule has 2 saturated heterocycles. The highest BCUT2D eigenvalue weighted by molar-refractivity contribution is 6.08. The molecule has 47 heavy (non-hydrogen) atoms. The van der Waals surface area contributed by atoms with Crippen molar-refractivity contribution in [3.63, 3.8) is 0 Å². The van der Waals surface area contributed by atoms with E-state index in [1.54, 1.807) is 12.1 Å². The summed E-state index contributed by atoms with van der Waals surface area (Å²) < 4.78 is 17.4. The van der Waals surface area contributed by atoms with Crippen molar-refractivity contribution in [2.75, 3.05) is 72.7 Å². The van der Waals surface area contributed by atoms with Crippen LogP contribution in [-0.4, -0.2) is 116 Å². The standard InChI is InChI=1S/C37H47N5O5/c1-37(2)24-31-29(12-13-32(45-3)34(31)47-37)33-28-6-4-5-7-30(28)36(44)42(38-33)25-26-8-10-27(11-9-26)35(43)41-18-16-39(17-19-41)14-15-40-20-22-46-23-21-40/h4-5,8-13,28,30H,6-7,14-25H2,1-3H3/t28-,30+/m1/s1. The van der Waals surface area contributed by atoms with Crippen LogP contribution in [0.25, 0.3) is 0 Å². The quantitative estimate of drug-likeness (QED) is 0.405. The Morgan fingerprint density at radius 3 is 2.30 bits per heavy atom. The number of hydrazone groups is 1. The molecule has 7 rings (SSSR count). The first kappa shape index (κ1) is 31.8. The first-order valence-electron chi connectivity index (χ1n) is 17.1. The van der Waals surface area contributed by atoms with Crippen molar-refractivity contribution in [3.8, 4) is 11.5 Å². The van der Waals surface area contributed by atoms with Crippen LogP contribution >= 0.6 is 0 Å². The summed E-state index contributed by atoms with van der Waals surface area (Å²) in [5.74, 6) is 1.47. The van der Waals surface area contributed by atoms with Gasteiger partial charge in [-0.2, -0.15) is 5.10 Å². The van der Waals surface area contributed by atoms with Gasteiger partial charge in [0.2, 0.25) is 5.91 Å². The minimum Gasteiger partial charge on any atom is -0.493 e. The molecule has 0 bridgehead atoms. The number of fused-ring (bicyclic) bond motifs is 2. The van der Waals surface area contributed by atoms with Crippen molar-refractivity contribution in [3.05, 3.63) is 70.8 Å². The Morgan fingerprint density at radius 2 is 1.60 bits per heavy atom. The van der Waals surface area contributed by atoms with Gasteiger partial charge in [0.05, 0.1) is 38.5 Å². The number of nitrogens with zero attached hydrogens (tertiary/aromatic N) is 5. The maximum atomic E-state index is 13.8. The molecule has 10 nitrogen and oxygen atoms in total. The van der Waals surface area contributed by atoms with E-state index >= 15 is 0 Å². The van der Waals surface area contributed by atoms with Crippen molar-refractivity contribution in [1.29, 1.82) is 0 Å². The van der Waals surface area contributed by atoms with Crippen molar-refractivity contribution in [2.24, 2.45) is 16.9 Å². The molecule has 250 valence electrons. The van der Waals surface area contributed by atoms with Crippen molar-refractivity contribution < 1.29 is 23.8 Å². The van der Waals surface area contributed by atoms with Crippen molar-refractivity contribution in [2.45, 2.75) is 45.3 Å². The van der Waals surface area contributed by atoms with Gasteiger partial charge in [-0.25, -0.2) is 5.01 Å². The number of carbonyl (C=O) groups excluding carboxylic acids is 2. The van der Waals surface area contributed by atoms with Crippen molar-refractivity contribution >= 4 is 17.5 Å². The number of allylic oxidation sites excluding steroid dienone is 2. The summed E-state index contributed by atoms with van der Waals surface area (Å²) in [4.78, 5) is 34.0. The summed E-state index contributed by atoms with van der Waals surface area (Å²) in [6.07, 6.45) is 6.52. The molecule has 5 aliphatic rings. The van der Waals surface area contributed by atoms with Crippen LogP contribution in [0.15, 0.2) is 53.7 Å². The Hall–Kier alpha value is -3.73. The van der Waals surface area contributed by atoms with Crippen LogP contribution in [0.2, 0.25) is 0 Å². The number of hydrogen-bond donors (Lipinski definition) is 0. The zero-order chi connectivity index (χ0) is 32.5. The fourth-order valence-electron chi connectivity index (χ4n) is 7.62. The molecule has 2 fully saturated rings. The molecule has 2 aromatic carbocycles. The third kappa shape index (κ3) is 6.68. The predicted octanol–water partition coefficient (Wildman–Crippen LogP) is 3.83. The number of methoxy groups -OCH3 is 1. The Bertz CT molecular complexity index is 1540. The molecule has 4 aliphatic heterocycles. The lowest BCUT2D eigenvalue weighted by molar-refractivity contribution is -0.138. The van der Waals surface area contributed by atoms with Gasteiger partial charge >= 0.3 is 0 Å². The minimum absolute atomic E-state index is 0.0183. The van der Waals surface area contributed by atoms with Gasteiger partial charge in [0.15, 0.2) is 11.5 Å². The van der Waals surface area contributed by atoms with Crippen LogP contribution in [0.4, 0.5) is 0 Å². The molecule has 4 heterocycles. The monoisotopic (exact) mass is 641 g/mol. The number of piperazine rings is 1. The number of ether oxygens (including phenoxy) is 3. The van der Waals surface area contributed by atoms with E-state index in [0.717, 1.165) is 112 Å². The number of carbonyl (C=O) groups is 2. The Kier molecular flexibility index (Phi) is 9.09. The molecule has 10 heteroatoms. The van der Waals surface area contributed by atoms with Gasteiger partial charge < -0.3 is 19.1 Å². The van der Waals surface area contributed by atoms with E-state index in [2.05, 4.69) is 41.9 Å². The van der Waals surface area contributed by atoms with E-state index in [9.17, 15) is 9.59 Å². The van der Waals surface area contributed by atoms with Gasteiger partial charge in [0.25, 0.3) is 5.91 Å². The molecule has 0 N–H and O–H groups in total. The minimum atomic E-state index is -0.349. The largest absolute Gasteiger partial charge is 0.493 e. The summed E-state index contributed by atoms with van der Waals surface area (Å²) in [6, 6.07) is 11.7. The second kappa shape index (κ2) is 13.4. The Morgan fingerprint density at radius 1 is 0.915 bits per heavy atom. The third-order valence-electron chi connectivity index (χ3n) is 10.3. The Labute approximate surface area is 277 Å². The van der Waals surface area contributed by atoms with Gasteiger partial charge in [-0.1, -0.05) is 24.3 Å². The zero-order valence-electron chi connectivity index (χ0n) is 28.0. The first-order valence-corrected chi connectivity index (χ1v) is 17.1. The normalized spacial score (nSPS) is 24.4. The maximum Gasteiger partial charge on any atom is 0.253 e. The predicted molar refractivity (Wildman–Crippen MR) is 180 cm³/mol. The molecule has 0 radical (unpaired) electrons. The molecule has 0 spiro atoms. The molecule has 1 aliphatic carbocycles. The summed E-state index contributed by atoms with van der Waals surface area (Å²) in [5, 5.41) is 6.70. The molecule has 0 saturated carbocycles. The van der Waals surface area contributed by atoms with Gasteiger partial charge in [0.1, 0.15) is 5.60 Å². The van der Waals surface area contributed by atoms with Crippen LogP contribution in [0.1, 0.15) is 53.7 Å². The molecule has 2 aromatic rings. The number of morpholine rings is 1. The lowest BCUT2D eigenvalue weighted by Crippen LogP contribution is -2.51. The zero-order valence-corrected chi connectivity index (χ0v) is 28.0. The highest BCUT2D eigenvalue weighted by Gasteiger charge is 2.43. The molecular formula is C37H47N5O5. The van der Waals surface area contributed by atoms with Crippen molar-refractivity contribution in [1.82, 2.24) is 19.7 Å². The van der Waals surface area contributed by atoms with Crippen LogP contribution in [0.5, 0.6) is 11.5 Å². The van der Waals surface area contributed by atoms with E-state index in [0.29, 0.717) is 18.5 Å². The summed E-state index contributed by atoms with van der Waals surface area (Å²) in [5.41, 5.74) is 4.35. The third-order valence-corrected chi connectivity index (χ3v) is 10.3. The van der Waals surface area contributed by atoms with E-state index < -0.39 is 0 Å². The summed E-state index contributed by atoms with van der Waals surface area (Å²) >= 11 is 0. The van der Waals surface area contributed by atoms with Gasteiger partial charge in [-0.3, -0.25) is 19.4 Å². The maximum absolute atomic E-state index is 13.8. The smallest absolute Gasteiger partial charge is 0.253 e. The highest BCUT2D eigenvalue weighted by atomic mass is 16.5. The number of rotatable bonds is 8. The number of amides is 2. The lowest BCUT2D eigenvalue weighted by atomic mass is 9.75. The van der Waals surface area contributed by atoms with Gasteiger partial charge in [-0.05, 0) is 56.5 Å². The van der Waals surface area contributed by atoms with Gasteiger partial charge in [-0.15, -0.1) is 0 Å². The van der Waals surface area contributed by atoms with E-state index in [-0.39, 0.29) is 29.3 Å². The molecule has 0 unspecified atom stereocenters. The summed E-state index contributed by atoms with van der Waals surface area (Å²) in [6.45, 7) is 13.5. The SMILES string of the molecule is COc1ccc(C2=NN(Cc3ccc(C(=O)N4CCN(CCN5CCOCC5)CC4)cc3)C(=O)[C@H]3CC=CC[C@@H]23)c2c1OC(C)(C)C2. The van der Waals surface area contributed by atoms with Crippen LogP contribution in [-0.2, 0) is 22.5 Å². The first-order chi connectivity index (χ1) is 22.8. The lowest BCUT2D eigenvalue weighted by Gasteiger charge is -2.37. The average Bonchev–Trinajstić information content (AvgIpc) is 3.44. The van der Waals surface area contributed by atoms with E-state index in [4.69, 9.17) is 19.3 Å². The molecular weight excluding hydrogens is 594 g/mol. The fourth-order valence-corrected chi connectivity index (χ4v) is 7.62. The van der Waals surface area contributed by atoms with Gasteiger partial charge in [0, 0.05) is 81.4 Å². The van der Waals surface area contributed by atoms with E-state index in [1.165, 1.54) is 0 Å². The van der Waals surface area contributed by atoms with Crippen LogP contribution < -0.4 is 9.47 Å². The topological polar surface area (TPSA) is 87.2 Å². The van der Waals surface area contributed by atoms with Crippen LogP contribution in [0.3, 0.4) is 0 Å². The van der Waals surface area contributed by atoms with E-state index in [1.807, 2.05) is 35.2 Å². The molecule has 2 atom stereocenters.